The number of aryl methyl sites for hydroxylation is 1. The number of carbonyl (C=O) groups is 1. The van der Waals surface area contributed by atoms with Gasteiger partial charge in [0.15, 0.2) is 0 Å². The topological polar surface area (TPSA) is 33.2 Å². The van der Waals surface area contributed by atoms with Crippen molar-refractivity contribution in [2.24, 2.45) is 5.92 Å². The summed E-state index contributed by atoms with van der Waals surface area (Å²) >= 11 is 0. The van der Waals surface area contributed by atoms with Crippen LogP contribution in [0.3, 0.4) is 0 Å². The molecule has 0 unspecified atom stereocenters. The van der Waals surface area contributed by atoms with E-state index < -0.39 is 24.7 Å². The van der Waals surface area contributed by atoms with Gasteiger partial charge in [0.1, 0.15) is 6.54 Å². The number of aromatic nitrogens is 1. The molecule has 1 amide bonds. The molecule has 0 aliphatic heterocycles. The molecule has 0 bridgehead atoms. The molecule has 0 N–H and O–H groups in total. The van der Waals surface area contributed by atoms with Gasteiger partial charge in [-0.25, -0.2) is 0 Å². The molecule has 1 rings (SSSR count). The smallest absolute Gasteiger partial charge is 0.327 e. The predicted octanol–water partition coefficient (Wildman–Crippen LogP) is 3.44. The van der Waals surface area contributed by atoms with Crippen molar-refractivity contribution in [2.75, 3.05) is 6.54 Å². The first-order valence-corrected chi connectivity index (χ1v) is 6.43. The summed E-state index contributed by atoms with van der Waals surface area (Å²) in [5.74, 6) is -0.701. The van der Waals surface area contributed by atoms with Crippen LogP contribution in [0.2, 0.25) is 0 Å². The van der Waals surface area contributed by atoms with Gasteiger partial charge in [-0.3, -0.25) is 9.78 Å². The number of carbonyl (C=O) groups excluding carboxylic acids is 1. The second kappa shape index (κ2) is 6.24. The average Bonchev–Trinajstić information content (AvgIpc) is 2.33. The molecule has 1 aromatic heterocycles. The van der Waals surface area contributed by atoms with E-state index >= 15 is 0 Å². The minimum Gasteiger partial charge on any atom is -0.327 e. The molecule has 1 atom stereocenters. The third-order valence-electron chi connectivity index (χ3n) is 3.30. The Labute approximate surface area is 116 Å². The fraction of sp³-hybridized carbons (Fsp3) is 0.571. The maximum Gasteiger partial charge on any atom is 0.406 e. The maximum absolute atomic E-state index is 12.7. The highest BCUT2D eigenvalue weighted by Gasteiger charge is 2.36. The van der Waals surface area contributed by atoms with Crippen molar-refractivity contribution >= 4 is 5.91 Å². The van der Waals surface area contributed by atoms with Crippen LogP contribution in [0.1, 0.15) is 36.8 Å². The highest BCUT2D eigenvalue weighted by Crippen LogP contribution is 2.23. The molecule has 1 aromatic rings. The van der Waals surface area contributed by atoms with Crippen LogP contribution in [0.4, 0.5) is 13.2 Å². The van der Waals surface area contributed by atoms with E-state index in [0.29, 0.717) is 5.69 Å². The molecule has 0 spiro atoms. The minimum atomic E-state index is -4.42. The molecule has 6 heteroatoms. The van der Waals surface area contributed by atoms with Gasteiger partial charge in [0.25, 0.3) is 5.91 Å². The summed E-state index contributed by atoms with van der Waals surface area (Å²) in [5, 5.41) is 0. The number of nitrogens with zero attached hydrogens (tertiary/aromatic N) is 2. The lowest BCUT2D eigenvalue weighted by atomic mass is 10.0. The van der Waals surface area contributed by atoms with Crippen LogP contribution >= 0.6 is 0 Å². The van der Waals surface area contributed by atoms with E-state index in [1.54, 1.807) is 33.8 Å². The first-order valence-electron chi connectivity index (χ1n) is 6.43. The monoisotopic (exact) mass is 288 g/mol. The van der Waals surface area contributed by atoms with Gasteiger partial charge in [-0.15, -0.1) is 0 Å². The van der Waals surface area contributed by atoms with E-state index in [2.05, 4.69) is 4.98 Å². The van der Waals surface area contributed by atoms with Gasteiger partial charge in [0, 0.05) is 17.9 Å². The van der Waals surface area contributed by atoms with Crippen molar-refractivity contribution in [3.05, 3.63) is 29.6 Å². The summed E-state index contributed by atoms with van der Waals surface area (Å²) in [4.78, 5) is 17.2. The van der Waals surface area contributed by atoms with Gasteiger partial charge in [-0.2, -0.15) is 13.2 Å². The number of halogens is 3. The molecule has 0 radical (unpaired) electrons. The molecular weight excluding hydrogens is 269 g/mol. The average molecular weight is 288 g/mol. The van der Waals surface area contributed by atoms with Gasteiger partial charge >= 0.3 is 6.18 Å². The van der Waals surface area contributed by atoms with Crippen LogP contribution < -0.4 is 0 Å². The highest BCUT2D eigenvalue weighted by molar-refractivity contribution is 5.95. The van der Waals surface area contributed by atoms with Gasteiger partial charge in [-0.1, -0.05) is 13.8 Å². The number of pyridine rings is 1. The van der Waals surface area contributed by atoms with Crippen LogP contribution in [0.25, 0.3) is 0 Å². The van der Waals surface area contributed by atoms with E-state index in [0.717, 1.165) is 4.90 Å². The molecule has 3 nitrogen and oxygen atoms in total. The first kappa shape index (κ1) is 16.5. The van der Waals surface area contributed by atoms with Crippen LogP contribution in [0.5, 0.6) is 0 Å². The van der Waals surface area contributed by atoms with Gasteiger partial charge in [0.2, 0.25) is 0 Å². The molecule has 0 saturated heterocycles. The van der Waals surface area contributed by atoms with Gasteiger partial charge in [0.05, 0.1) is 5.56 Å². The number of amides is 1. The minimum absolute atomic E-state index is 0.0710. The van der Waals surface area contributed by atoms with Crippen LogP contribution in [0.15, 0.2) is 18.3 Å². The quantitative estimate of drug-likeness (QED) is 0.850. The summed E-state index contributed by atoms with van der Waals surface area (Å²) in [6.07, 6.45) is -2.92. The maximum atomic E-state index is 12.7. The van der Waals surface area contributed by atoms with E-state index in [1.807, 2.05) is 0 Å². The summed E-state index contributed by atoms with van der Waals surface area (Å²) in [7, 11) is 0. The van der Waals surface area contributed by atoms with Crippen molar-refractivity contribution < 1.29 is 18.0 Å². The largest absolute Gasteiger partial charge is 0.406 e. The standard InChI is InChI=1S/C14H19F3N2O/c1-9(2)11(4)19(8-14(15,16)17)13(20)12-6-5-7-18-10(12)3/h5-7,9,11H,8H2,1-4H3/t11-/m0/s1. The van der Waals surface area contributed by atoms with Crippen molar-refractivity contribution in [3.8, 4) is 0 Å². The molecule has 0 aliphatic rings. The van der Waals surface area contributed by atoms with Crippen LogP contribution in [0, 0.1) is 12.8 Å². The number of alkyl halides is 3. The molecule has 112 valence electrons. The van der Waals surface area contributed by atoms with Gasteiger partial charge < -0.3 is 4.90 Å². The molecule has 1 heterocycles. The SMILES string of the molecule is Cc1ncccc1C(=O)N(CC(F)(F)F)[C@@H](C)C(C)C. The molecular formula is C14H19F3N2O. The second-order valence-electron chi connectivity index (χ2n) is 5.17. The Bertz CT molecular complexity index is 472. The summed E-state index contributed by atoms with van der Waals surface area (Å²) in [6.45, 7) is 5.56. The van der Waals surface area contributed by atoms with Gasteiger partial charge in [-0.05, 0) is 31.9 Å². The fourth-order valence-electron chi connectivity index (χ4n) is 1.82. The molecule has 0 fully saturated rings. The Kier molecular flexibility index (Phi) is 5.14. The lowest BCUT2D eigenvalue weighted by Gasteiger charge is -2.32. The third-order valence-corrected chi connectivity index (χ3v) is 3.30. The first-order chi connectivity index (χ1) is 9.13. The zero-order valence-electron chi connectivity index (χ0n) is 12.0. The molecule has 0 saturated carbocycles. The molecule has 0 aromatic carbocycles. The predicted molar refractivity (Wildman–Crippen MR) is 70.4 cm³/mol. The molecule has 20 heavy (non-hydrogen) atoms. The summed E-state index contributed by atoms with van der Waals surface area (Å²) in [6, 6.07) is 2.54. The third kappa shape index (κ3) is 4.21. The number of hydrogen-bond donors (Lipinski definition) is 0. The fourth-order valence-corrected chi connectivity index (χ4v) is 1.82. The van der Waals surface area contributed by atoms with Crippen LogP contribution in [-0.2, 0) is 0 Å². The number of hydrogen-bond acceptors (Lipinski definition) is 2. The zero-order valence-corrected chi connectivity index (χ0v) is 12.0. The normalized spacial score (nSPS) is 13.4. The zero-order chi connectivity index (χ0) is 15.5. The Balaban J connectivity index is 3.11. The van der Waals surface area contributed by atoms with E-state index in [4.69, 9.17) is 0 Å². The van der Waals surface area contributed by atoms with Crippen molar-refractivity contribution in [2.45, 2.75) is 39.9 Å². The lowest BCUT2D eigenvalue weighted by molar-refractivity contribution is -0.145. The Morgan fingerprint density at radius 1 is 1.35 bits per heavy atom. The highest BCUT2D eigenvalue weighted by atomic mass is 19.4. The Morgan fingerprint density at radius 3 is 2.40 bits per heavy atom. The Morgan fingerprint density at radius 2 is 1.95 bits per heavy atom. The molecule has 0 aliphatic carbocycles. The summed E-state index contributed by atoms with van der Waals surface area (Å²) < 4.78 is 38.1. The number of rotatable bonds is 4. The van der Waals surface area contributed by atoms with E-state index in [-0.39, 0.29) is 11.5 Å². The second-order valence-corrected chi connectivity index (χ2v) is 5.17. The summed E-state index contributed by atoms with van der Waals surface area (Å²) in [5.41, 5.74) is 0.643. The van der Waals surface area contributed by atoms with Crippen molar-refractivity contribution in [3.63, 3.8) is 0 Å². The van der Waals surface area contributed by atoms with Crippen molar-refractivity contribution in [1.29, 1.82) is 0 Å². The lowest BCUT2D eigenvalue weighted by Crippen LogP contribution is -2.46. The van der Waals surface area contributed by atoms with E-state index in [9.17, 15) is 18.0 Å². The Hall–Kier alpha value is -1.59. The van der Waals surface area contributed by atoms with Crippen LogP contribution in [-0.4, -0.2) is 34.6 Å². The van der Waals surface area contributed by atoms with E-state index in [1.165, 1.54) is 12.3 Å². The van der Waals surface area contributed by atoms with Crippen molar-refractivity contribution in [1.82, 2.24) is 9.88 Å².